The molecule has 2 N–H and O–H groups in total. The van der Waals surface area contributed by atoms with E-state index in [1.54, 1.807) is 14.0 Å². The van der Waals surface area contributed by atoms with E-state index in [0.29, 0.717) is 13.0 Å². The molecule has 0 aromatic rings. The van der Waals surface area contributed by atoms with Gasteiger partial charge < -0.3 is 15.4 Å². The second-order valence-corrected chi connectivity index (χ2v) is 4.04. The lowest BCUT2D eigenvalue weighted by atomic mass is 10.1. The zero-order valence-electron chi connectivity index (χ0n) is 10.5. The molecule has 0 saturated carbocycles. The zero-order chi connectivity index (χ0) is 12.7. The predicted molar refractivity (Wildman–Crippen MR) is 61.7 cm³/mol. The highest BCUT2D eigenvalue weighted by atomic mass is 16.5. The van der Waals surface area contributed by atoms with Crippen molar-refractivity contribution in [2.45, 2.75) is 32.7 Å². The first kappa shape index (κ1) is 14.9. The molecule has 0 rings (SSSR count). The highest BCUT2D eigenvalue weighted by Gasteiger charge is 2.21. The minimum Gasteiger partial charge on any atom is -0.469 e. The Labute approximate surface area is 96.9 Å². The Morgan fingerprint density at radius 3 is 2.44 bits per heavy atom. The van der Waals surface area contributed by atoms with Gasteiger partial charge in [0.15, 0.2) is 0 Å². The van der Waals surface area contributed by atoms with E-state index in [0.717, 1.165) is 6.42 Å². The molecule has 2 atom stereocenters. The van der Waals surface area contributed by atoms with Crippen molar-refractivity contribution >= 4 is 11.9 Å². The summed E-state index contributed by atoms with van der Waals surface area (Å²) < 4.78 is 4.59. The van der Waals surface area contributed by atoms with Gasteiger partial charge in [-0.2, -0.15) is 0 Å². The van der Waals surface area contributed by atoms with Gasteiger partial charge >= 0.3 is 5.97 Å². The van der Waals surface area contributed by atoms with Gasteiger partial charge in [-0.25, -0.2) is 0 Å². The molecule has 0 aliphatic carbocycles. The molecule has 0 fully saturated rings. The van der Waals surface area contributed by atoms with Gasteiger partial charge in [0.1, 0.15) is 0 Å². The van der Waals surface area contributed by atoms with E-state index < -0.39 is 6.04 Å². The quantitative estimate of drug-likeness (QED) is 0.670. The molecule has 5 heteroatoms. The maximum Gasteiger partial charge on any atom is 0.310 e. The molecular formula is C11H22N2O3. The van der Waals surface area contributed by atoms with E-state index in [4.69, 9.17) is 5.73 Å². The lowest BCUT2D eigenvalue weighted by Gasteiger charge is -2.23. The van der Waals surface area contributed by atoms with Crippen molar-refractivity contribution < 1.29 is 14.3 Å². The average Bonchev–Trinajstić information content (AvgIpc) is 2.26. The Bertz CT molecular complexity index is 243. The van der Waals surface area contributed by atoms with Crippen molar-refractivity contribution in [3.8, 4) is 0 Å². The number of carbonyl (C=O) groups is 2. The zero-order valence-corrected chi connectivity index (χ0v) is 10.5. The molecule has 0 heterocycles. The van der Waals surface area contributed by atoms with Crippen LogP contribution in [0, 0.1) is 5.92 Å². The Morgan fingerprint density at radius 1 is 1.44 bits per heavy atom. The number of esters is 1. The molecule has 0 radical (unpaired) electrons. The van der Waals surface area contributed by atoms with Gasteiger partial charge in [0.2, 0.25) is 5.91 Å². The van der Waals surface area contributed by atoms with Crippen molar-refractivity contribution in [3.05, 3.63) is 0 Å². The van der Waals surface area contributed by atoms with Crippen LogP contribution in [0.5, 0.6) is 0 Å². The molecular weight excluding hydrogens is 208 g/mol. The van der Waals surface area contributed by atoms with Crippen LogP contribution in [0.3, 0.4) is 0 Å². The summed E-state index contributed by atoms with van der Waals surface area (Å²) >= 11 is 0. The smallest absolute Gasteiger partial charge is 0.310 e. The molecule has 0 aromatic heterocycles. The van der Waals surface area contributed by atoms with Gasteiger partial charge in [0, 0.05) is 13.6 Å². The van der Waals surface area contributed by atoms with E-state index in [1.165, 1.54) is 12.0 Å². The van der Waals surface area contributed by atoms with Crippen LogP contribution >= 0.6 is 0 Å². The number of amides is 1. The van der Waals surface area contributed by atoms with E-state index in [-0.39, 0.29) is 17.8 Å². The molecule has 0 spiro atoms. The van der Waals surface area contributed by atoms with Crippen molar-refractivity contribution in [2.24, 2.45) is 11.7 Å². The van der Waals surface area contributed by atoms with Gasteiger partial charge in [-0.05, 0) is 6.42 Å². The molecule has 1 amide bonds. The number of rotatable bonds is 6. The first-order valence-corrected chi connectivity index (χ1v) is 5.52. The van der Waals surface area contributed by atoms with Crippen LogP contribution < -0.4 is 5.73 Å². The monoisotopic (exact) mass is 230 g/mol. The molecule has 16 heavy (non-hydrogen) atoms. The molecule has 0 aliphatic rings. The third-order valence-corrected chi connectivity index (χ3v) is 2.44. The van der Waals surface area contributed by atoms with Crippen LogP contribution in [-0.2, 0) is 14.3 Å². The Hall–Kier alpha value is -1.10. The predicted octanol–water partition coefficient (Wildman–Crippen LogP) is 0.381. The van der Waals surface area contributed by atoms with E-state index >= 15 is 0 Å². The second-order valence-electron chi connectivity index (χ2n) is 4.04. The Morgan fingerprint density at radius 2 is 2.00 bits per heavy atom. The largest absolute Gasteiger partial charge is 0.469 e. The van der Waals surface area contributed by atoms with Gasteiger partial charge in [0.05, 0.1) is 19.1 Å². The number of carbonyl (C=O) groups excluding carboxylic acids is 2. The fraction of sp³-hybridized carbons (Fsp3) is 0.818. The summed E-state index contributed by atoms with van der Waals surface area (Å²) in [5.74, 6) is -0.769. The van der Waals surface area contributed by atoms with Crippen molar-refractivity contribution in [1.82, 2.24) is 4.90 Å². The van der Waals surface area contributed by atoms with Crippen LogP contribution in [0.25, 0.3) is 0 Å². The number of hydrogen-bond donors (Lipinski definition) is 1. The molecule has 94 valence electrons. The summed E-state index contributed by atoms with van der Waals surface area (Å²) in [6.07, 6.45) is 1.53. The van der Waals surface area contributed by atoms with Crippen LogP contribution in [0.1, 0.15) is 26.7 Å². The van der Waals surface area contributed by atoms with Gasteiger partial charge in [-0.1, -0.05) is 20.3 Å². The maximum atomic E-state index is 11.7. The number of nitrogens with two attached hydrogens (primary N) is 1. The highest BCUT2D eigenvalue weighted by Crippen LogP contribution is 2.04. The molecule has 0 aromatic carbocycles. The molecule has 0 bridgehead atoms. The lowest BCUT2D eigenvalue weighted by molar-refractivity contribution is -0.146. The number of likely N-dealkylation sites (N-methyl/N-ethyl adjacent to an activating group) is 1. The van der Waals surface area contributed by atoms with E-state index in [1.807, 2.05) is 6.92 Å². The molecule has 1 unspecified atom stereocenters. The van der Waals surface area contributed by atoms with Crippen molar-refractivity contribution in [1.29, 1.82) is 0 Å². The lowest BCUT2D eigenvalue weighted by Crippen LogP contribution is -2.44. The summed E-state index contributed by atoms with van der Waals surface area (Å²) in [7, 11) is 2.99. The minimum absolute atomic E-state index is 0.127. The van der Waals surface area contributed by atoms with Crippen LogP contribution in [0.4, 0.5) is 0 Å². The topological polar surface area (TPSA) is 72.6 Å². The van der Waals surface area contributed by atoms with E-state index in [9.17, 15) is 9.59 Å². The molecule has 0 saturated heterocycles. The molecule has 0 aliphatic heterocycles. The van der Waals surface area contributed by atoms with Gasteiger partial charge in [-0.15, -0.1) is 0 Å². The standard InChI is InChI=1S/C11H22N2O3/c1-5-6-9(12)10(14)13(3)7-8(2)11(15)16-4/h8-9H,5-7,12H2,1-4H3/t8?,9-/m0/s1. The summed E-state index contributed by atoms with van der Waals surface area (Å²) in [6.45, 7) is 4.04. The fourth-order valence-electron chi connectivity index (χ4n) is 1.49. The minimum atomic E-state index is -0.472. The number of nitrogens with zero attached hydrogens (tertiary/aromatic N) is 1. The highest BCUT2D eigenvalue weighted by molar-refractivity contribution is 5.82. The van der Waals surface area contributed by atoms with Crippen LogP contribution in [0.15, 0.2) is 0 Å². The van der Waals surface area contributed by atoms with Crippen molar-refractivity contribution in [3.63, 3.8) is 0 Å². The maximum absolute atomic E-state index is 11.7. The first-order valence-electron chi connectivity index (χ1n) is 5.52. The average molecular weight is 230 g/mol. The Balaban J connectivity index is 4.19. The second kappa shape index (κ2) is 7.22. The van der Waals surface area contributed by atoms with E-state index in [2.05, 4.69) is 4.74 Å². The number of methoxy groups -OCH3 is 1. The number of ether oxygens (including phenoxy) is 1. The number of hydrogen-bond acceptors (Lipinski definition) is 4. The summed E-state index contributed by atoms with van der Waals surface area (Å²) in [4.78, 5) is 24.4. The third kappa shape index (κ3) is 4.61. The van der Waals surface area contributed by atoms with Gasteiger partial charge in [0.25, 0.3) is 0 Å². The summed E-state index contributed by atoms with van der Waals surface area (Å²) in [5, 5.41) is 0. The normalized spacial score (nSPS) is 14.1. The first-order chi connectivity index (χ1) is 7.43. The van der Waals surface area contributed by atoms with Crippen molar-refractivity contribution in [2.75, 3.05) is 20.7 Å². The third-order valence-electron chi connectivity index (χ3n) is 2.44. The summed E-state index contributed by atoms with van der Waals surface area (Å²) in [6, 6.07) is -0.472. The SMILES string of the molecule is CCC[C@H](N)C(=O)N(C)CC(C)C(=O)OC. The van der Waals surface area contributed by atoms with Gasteiger partial charge in [-0.3, -0.25) is 9.59 Å². The Kier molecular flexibility index (Phi) is 6.72. The fourth-order valence-corrected chi connectivity index (χ4v) is 1.49. The summed E-state index contributed by atoms with van der Waals surface area (Å²) in [5.41, 5.74) is 5.71. The van der Waals surface area contributed by atoms with Crippen LogP contribution in [0.2, 0.25) is 0 Å². The molecule has 5 nitrogen and oxygen atoms in total. The van der Waals surface area contributed by atoms with Crippen LogP contribution in [-0.4, -0.2) is 43.5 Å².